The van der Waals surface area contributed by atoms with Gasteiger partial charge in [0.15, 0.2) is 0 Å². The van der Waals surface area contributed by atoms with Crippen LogP contribution >= 0.6 is 0 Å². The van der Waals surface area contributed by atoms with Crippen molar-refractivity contribution in [3.05, 3.63) is 24.3 Å². The van der Waals surface area contributed by atoms with Gasteiger partial charge in [0, 0.05) is 52.4 Å². The molecule has 1 heterocycles. The number of allylic oxidation sites excluding steroid dienone is 2. The van der Waals surface area contributed by atoms with Crippen molar-refractivity contribution in [2.24, 2.45) is 10.8 Å². The van der Waals surface area contributed by atoms with Gasteiger partial charge < -0.3 is 15.4 Å². The summed E-state index contributed by atoms with van der Waals surface area (Å²) in [7, 11) is 0. The van der Waals surface area contributed by atoms with E-state index in [-0.39, 0.29) is 22.6 Å². The molecule has 0 saturated carbocycles. The van der Waals surface area contributed by atoms with E-state index in [2.05, 4.69) is 62.0 Å². The molecule has 2 amide bonds. The number of hydrogen-bond acceptors (Lipinski definition) is 5. The largest absolute Gasteiger partial charge is 0.379 e. The third kappa shape index (κ3) is 15.7. The fourth-order valence-corrected chi connectivity index (χ4v) is 2.89. The van der Waals surface area contributed by atoms with Crippen LogP contribution in [0, 0.1) is 10.8 Å². The smallest absolute Gasteiger partial charge is 0.243 e. The van der Waals surface area contributed by atoms with Crippen LogP contribution in [-0.2, 0) is 14.3 Å². The molecule has 31 heavy (non-hydrogen) atoms. The molecule has 1 rings (SSSR count). The Bertz CT molecular complexity index is 555. The summed E-state index contributed by atoms with van der Waals surface area (Å²) in [5.74, 6) is -0.132. The van der Waals surface area contributed by atoms with Gasteiger partial charge >= 0.3 is 0 Å². The Morgan fingerprint density at radius 3 is 1.71 bits per heavy atom. The van der Waals surface area contributed by atoms with Gasteiger partial charge in [-0.3, -0.25) is 19.4 Å². The molecule has 1 aliphatic heterocycles. The molecule has 1 fully saturated rings. The molecule has 0 unspecified atom stereocenters. The van der Waals surface area contributed by atoms with E-state index in [1.165, 1.54) is 0 Å². The topological polar surface area (TPSA) is 73.9 Å². The van der Waals surface area contributed by atoms with Crippen molar-refractivity contribution in [3.8, 4) is 0 Å². The molecule has 0 aromatic heterocycles. The highest BCUT2D eigenvalue weighted by Gasteiger charge is 2.13. The van der Waals surface area contributed by atoms with E-state index in [1.807, 2.05) is 12.2 Å². The van der Waals surface area contributed by atoms with Gasteiger partial charge in [-0.15, -0.1) is 0 Å². The second-order valence-electron chi connectivity index (χ2n) is 10.3. The lowest BCUT2D eigenvalue weighted by atomic mass is 9.96. The Hall–Kier alpha value is -1.70. The third-order valence-corrected chi connectivity index (χ3v) is 4.76. The van der Waals surface area contributed by atoms with Crippen LogP contribution in [0.1, 0.15) is 41.5 Å². The maximum atomic E-state index is 12.0. The Morgan fingerprint density at radius 2 is 1.29 bits per heavy atom. The number of nitrogens with zero attached hydrogens (tertiary/aromatic N) is 2. The Kier molecular flexibility index (Phi) is 12.0. The fourth-order valence-electron chi connectivity index (χ4n) is 2.89. The number of carbonyl (C=O) groups excluding carboxylic acids is 2. The SMILES string of the molecule is CC(C)(C)C=CC(=O)NCCN(CCNC(=O)C=CC(C)(C)C)CCN1CCOCC1. The van der Waals surface area contributed by atoms with Gasteiger partial charge in [-0.2, -0.15) is 0 Å². The van der Waals surface area contributed by atoms with Crippen LogP contribution in [0.2, 0.25) is 0 Å². The Morgan fingerprint density at radius 1 is 0.839 bits per heavy atom. The van der Waals surface area contributed by atoms with E-state index in [0.29, 0.717) is 13.1 Å². The van der Waals surface area contributed by atoms with Crippen molar-refractivity contribution in [2.45, 2.75) is 41.5 Å². The van der Waals surface area contributed by atoms with E-state index < -0.39 is 0 Å². The number of ether oxygens (including phenoxy) is 1. The maximum Gasteiger partial charge on any atom is 0.243 e. The van der Waals surface area contributed by atoms with Crippen LogP contribution in [0.4, 0.5) is 0 Å². The van der Waals surface area contributed by atoms with E-state index in [9.17, 15) is 9.59 Å². The van der Waals surface area contributed by atoms with Gasteiger partial charge in [-0.05, 0) is 23.0 Å². The molecular weight excluding hydrogens is 392 g/mol. The second-order valence-corrected chi connectivity index (χ2v) is 10.3. The Labute approximate surface area is 189 Å². The summed E-state index contributed by atoms with van der Waals surface area (Å²) < 4.78 is 5.42. The fraction of sp³-hybridized carbons (Fsp3) is 0.750. The summed E-state index contributed by atoms with van der Waals surface area (Å²) in [6.45, 7) is 20.4. The molecule has 7 heteroatoms. The molecule has 0 atom stereocenters. The molecule has 1 aliphatic rings. The van der Waals surface area contributed by atoms with E-state index in [4.69, 9.17) is 4.74 Å². The lowest BCUT2D eigenvalue weighted by molar-refractivity contribution is -0.117. The average Bonchev–Trinajstić information content (AvgIpc) is 2.68. The summed E-state index contributed by atoms with van der Waals surface area (Å²) in [6.07, 6.45) is 7.05. The first kappa shape index (κ1) is 27.3. The van der Waals surface area contributed by atoms with Gasteiger partial charge in [0.05, 0.1) is 13.2 Å². The van der Waals surface area contributed by atoms with Crippen molar-refractivity contribution < 1.29 is 14.3 Å². The monoisotopic (exact) mass is 436 g/mol. The molecule has 0 bridgehead atoms. The van der Waals surface area contributed by atoms with Gasteiger partial charge in [-0.1, -0.05) is 53.7 Å². The molecule has 178 valence electrons. The van der Waals surface area contributed by atoms with Crippen LogP contribution < -0.4 is 10.6 Å². The zero-order chi connectivity index (χ0) is 23.3. The maximum absolute atomic E-state index is 12.0. The Balaban J connectivity index is 2.46. The first-order valence-corrected chi connectivity index (χ1v) is 11.4. The van der Waals surface area contributed by atoms with E-state index >= 15 is 0 Å². The van der Waals surface area contributed by atoms with Crippen LogP contribution in [0.5, 0.6) is 0 Å². The predicted octanol–water partition coefficient (Wildman–Crippen LogP) is 2.06. The number of hydrogen-bond donors (Lipinski definition) is 2. The highest BCUT2D eigenvalue weighted by atomic mass is 16.5. The average molecular weight is 437 g/mol. The number of carbonyl (C=O) groups is 2. The van der Waals surface area contributed by atoms with Crippen LogP contribution in [0.15, 0.2) is 24.3 Å². The van der Waals surface area contributed by atoms with Crippen LogP contribution in [-0.4, -0.2) is 87.2 Å². The molecule has 0 aromatic rings. The summed E-state index contributed by atoms with van der Waals surface area (Å²) in [4.78, 5) is 28.7. The first-order valence-electron chi connectivity index (χ1n) is 11.4. The number of nitrogens with one attached hydrogen (secondary N) is 2. The predicted molar refractivity (Wildman–Crippen MR) is 127 cm³/mol. The summed E-state index contributed by atoms with van der Waals surface area (Å²) in [5, 5.41) is 5.92. The van der Waals surface area contributed by atoms with Gasteiger partial charge in [0.2, 0.25) is 11.8 Å². The van der Waals surface area contributed by atoms with Crippen molar-refractivity contribution in [3.63, 3.8) is 0 Å². The lowest BCUT2D eigenvalue weighted by Crippen LogP contribution is -2.45. The number of amides is 2. The van der Waals surface area contributed by atoms with Crippen LogP contribution in [0.25, 0.3) is 0 Å². The summed E-state index contributed by atoms with van der Waals surface area (Å²) in [6, 6.07) is 0. The second kappa shape index (κ2) is 13.7. The molecule has 0 aromatic carbocycles. The molecule has 2 N–H and O–H groups in total. The van der Waals surface area contributed by atoms with Crippen molar-refractivity contribution in [1.29, 1.82) is 0 Å². The lowest BCUT2D eigenvalue weighted by Gasteiger charge is -2.30. The quantitative estimate of drug-likeness (QED) is 0.485. The summed E-state index contributed by atoms with van der Waals surface area (Å²) in [5.41, 5.74) is -0.0254. The first-order chi connectivity index (χ1) is 14.4. The van der Waals surface area contributed by atoms with Gasteiger partial charge in [-0.25, -0.2) is 0 Å². The standard InChI is InChI=1S/C24H44N4O3/c1-23(2,3)9-7-21(29)25-11-13-27(15-16-28-17-19-31-20-18-28)14-12-26-22(30)8-10-24(4,5)6/h7-10H,11-20H2,1-6H3,(H,25,29)(H,26,30). The minimum absolute atomic E-state index is 0.0127. The zero-order valence-corrected chi connectivity index (χ0v) is 20.5. The zero-order valence-electron chi connectivity index (χ0n) is 20.5. The number of morpholine rings is 1. The highest BCUT2D eigenvalue weighted by molar-refractivity contribution is 5.87. The normalized spacial score (nSPS) is 16.4. The molecule has 7 nitrogen and oxygen atoms in total. The van der Waals surface area contributed by atoms with Crippen molar-refractivity contribution >= 4 is 11.8 Å². The van der Waals surface area contributed by atoms with Gasteiger partial charge in [0.25, 0.3) is 0 Å². The third-order valence-electron chi connectivity index (χ3n) is 4.76. The van der Waals surface area contributed by atoms with Gasteiger partial charge in [0.1, 0.15) is 0 Å². The van der Waals surface area contributed by atoms with E-state index in [1.54, 1.807) is 12.2 Å². The van der Waals surface area contributed by atoms with E-state index in [0.717, 1.165) is 52.5 Å². The number of rotatable bonds is 11. The van der Waals surface area contributed by atoms with Crippen LogP contribution in [0.3, 0.4) is 0 Å². The van der Waals surface area contributed by atoms with Crippen molar-refractivity contribution in [1.82, 2.24) is 20.4 Å². The molecular formula is C24H44N4O3. The molecule has 0 aliphatic carbocycles. The minimum Gasteiger partial charge on any atom is -0.379 e. The molecule has 0 radical (unpaired) electrons. The molecule has 0 spiro atoms. The molecule has 1 saturated heterocycles. The minimum atomic E-state index is -0.0660. The highest BCUT2D eigenvalue weighted by Crippen LogP contribution is 2.14. The summed E-state index contributed by atoms with van der Waals surface area (Å²) >= 11 is 0. The van der Waals surface area contributed by atoms with Crippen molar-refractivity contribution in [2.75, 3.05) is 65.6 Å².